The van der Waals surface area contributed by atoms with Crippen molar-refractivity contribution in [2.24, 2.45) is 0 Å². The number of nitrogens with one attached hydrogen (secondary N) is 1. The molecule has 0 aliphatic heterocycles. The minimum Gasteiger partial charge on any atom is -0.357 e. The molecule has 3 aromatic carbocycles. The van der Waals surface area contributed by atoms with E-state index < -0.39 is 39.3 Å². The van der Waals surface area contributed by atoms with Crippen molar-refractivity contribution in [3.05, 3.63) is 100 Å². The fraction of sp³-hybridized carbons (Fsp3) is 0.231. The standard InChI is InChI=1S/C26H28N4O6S/c1-19-9-11-21(12-10-19)17-28(20(2)26(32)27-3)25(31)18-29(22-13-15-23(16-14-22)30(33)34)37(35,36)24-7-5-4-6-8-24/h4-16,20H,17-18H2,1-3H3,(H,27,32). The fourth-order valence-corrected chi connectivity index (χ4v) is 5.11. The van der Waals surface area contributed by atoms with Gasteiger partial charge in [0, 0.05) is 25.7 Å². The molecule has 0 saturated carbocycles. The molecule has 37 heavy (non-hydrogen) atoms. The number of carbonyl (C=O) groups excluding carboxylic acids is 2. The highest BCUT2D eigenvalue weighted by Gasteiger charge is 2.32. The molecule has 0 aliphatic rings. The Balaban J connectivity index is 2.03. The van der Waals surface area contributed by atoms with E-state index in [1.165, 1.54) is 48.3 Å². The summed E-state index contributed by atoms with van der Waals surface area (Å²) < 4.78 is 28.1. The third-order valence-electron chi connectivity index (χ3n) is 5.85. The normalized spacial score (nSPS) is 11.9. The van der Waals surface area contributed by atoms with E-state index in [0.717, 1.165) is 15.4 Å². The molecule has 194 valence electrons. The summed E-state index contributed by atoms with van der Waals surface area (Å²) in [5.74, 6) is -1.03. The van der Waals surface area contributed by atoms with Crippen molar-refractivity contribution in [1.29, 1.82) is 0 Å². The van der Waals surface area contributed by atoms with Crippen LogP contribution in [0.3, 0.4) is 0 Å². The van der Waals surface area contributed by atoms with Crippen LogP contribution in [0.15, 0.2) is 83.8 Å². The quantitative estimate of drug-likeness (QED) is 0.320. The van der Waals surface area contributed by atoms with Gasteiger partial charge in [-0.05, 0) is 43.7 Å². The van der Waals surface area contributed by atoms with E-state index in [1.807, 2.05) is 31.2 Å². The number of hydrogen-bond donors (Lipinski definition) is 1. The lowest BCUT2D eigenvalue weighted by atomic mass is 10.1. The number of nitrogens with zero attached hydrogens (tertiary/aromatic N) is 3. The van der Waals surface area contributed by atoms with Gasteiger partial charge >= 0.3 is 0 Å². The summed E-state index contributed by atoms with van der Waals surface area (Å²) in [6.45, 7) is 2.94. The predicted molar refractivity (Wildman–Crippen MR) is 139 cm³/mol. The Bertz CT molecular complexity index is 1360. The first-order chi connectivity index (χ1) is 17.5. The zero-order valence-electron chi connectivity index (χ0n) is 20.7. The van der Waals surface area contributed by atoms with Crippen LogP contribution >= 0.6 is 0 Å². The highest BCUT2D eigenvalue weighted by molar-refractivity contribution is 7.92. The van der Waals surface area contributed by atoms with Crippen LogP contribution in [0.1, 0.15) is 18.1 Å². The first-order valence-electron chi connectivity index (χ1n) is 11.4. The SMILES string of the molecule is CNC(=O)C(C)N(Cc1ccc(C)cc1)C(=O)CN(c1ccc([N+](=O)[O-])cc1)S(=O)(=O)c1ccccc1. The van der Waals surface area contributed by atoms with Gasteiger partial charge in [0.2, 0.25) is 11.8 Å². The molecule has 1 unspecified atom stereocenters. The Hall–Kier alpha value is -4.25. The molecule has 11 heteroatoms. The van der Waals surface area contributed by atoms with Gasteiger partial charge in [0.1, 0.15) is 12.6 Å². The zero-order valence-corrected chi connectivity index (χ0v) is 21.5. The second-order valence-corrected chi connectivity index (χ2v) is 10.3. The van der Waals surface area contributed by atoms with Gasteiger partial charge in [-0.2, -0.15) is 0 Å². The van der Waals surface area contributed by atoms with Crippen LogP contribution in [0.4, 0.5) is 11.4 Å². The number of sulfonamides is 1. The van der Waals surface area contributed by atoms with Gasteiger partial charge in [0.05, 0.1) is 15.5 Å². The number of rotatable bonds is 10. The molecule has 0 aromatic heterocycles. The van der Waals surface area contributed by atoms with E-state index in [1.54, 1.807) is 25.1 Å². The summed E-state index contributed by atoms with van der Waals surface area (Å²) in [5.41, 5.74) is 1.65. The lowest BCUT2D eigenvalue weighted by Crippen LogP contribution is -2.50. The number of non-ortho nitro benzene ring substituents is 1. The van der Waals surface area contributed by atoms with E-state index in [4.69, 9.17) is 0 Å². The molecule has 0 aliphatic carbocycles. The van der Waals surface area contributed by atoms with Gasteiger partial charge in [0.25, 0.3) is 15.7 Å². The molecule has 2 amide bonds. The van der Waals surface area contributed by atoms with Crippen LogP contribution in [0.2, 0.25) is 0 Å². The van der Waals surface area contributed by atoms with E-state index in [-0.39, 0.29) is 22.8 Å². The number of hydrogen-bond acceptors (Lipinski definition) is 6. The van der Waals surface area contributed by atoms with Crippen LogP contribution in [0.5, 0.6) is 0 Å². The van der Waals surface area contributed by atoms with Crippen LogP contribution in [-0.4, -0.2) is 49.7 Å². The number of aryl methyl sites for hydroxylation is 1. The average Bonchev–Trinajstić information content (AvgIpc) is 2.90. The Kier molecular flexibility index (Phi) is 8.61. The third-order valence-corrected chi connectivity index (χ3v) is 7.63. The maximum Gasteiger partial charge on any atom is 0.269 e. The van der Waals surface area contributed by atoms with Crippen molar-refractivity contribution in [2.45, 2.75) is 31.3 Å². The molecule has 0 heterocycles. The monoisotopic (exact) mass is 524 g/mol. The summed E-state index contributed by atoms with van der Waals surface area (Å²) in [4.78, 5) is 37.9. The molecular weight excluding hydrogens is 496 g/mol. The lowest BCUT2D eigenvalue weighted by molar-refractivity contribution is -0.384. The zero-order chi connectivity index (χ0) is 27.2. The average molecular weight is 525 g/mol. The predicted octanol–water partition coefficient (Wildman–Crippen LogP) is 3.26. The molecule has 10 nitrogen and oxygen atoms in total. The number of nitro groups is 1. The molecule has 0 bridgehead atoms. The Labute approximate surface area is 215 Å². The van der Waals surface area contributed by atoms with Crippen molar-refractivity contribution in [2.75, 3.05) is 17.9 Å². The Morgan fingerprint density at radius 3 is 2.11 bits per heavy atom. The number of amides is 2. The van der Waals surface area contributed by atoms with Crippen LogP contribution in [0.25, 0.3) is 0 Å². The number of carbonyl (C=O) groups is 2. The second kappa shape index (κ2) is 11.7. The van der Waals surface area contributed by atoms with Gasteiger partial charge in [-0.25, -0.2) is 8.42 Å². The minimum absolute atomic E-state index is 0.0504. The van der Waals surface area contributed by atoms with Crippen LogP contribution < -0.4 is 9.62 Å². The Morgan fingerprint density at radius 1 is 0.973 bits per heavy atom. The highest BCUT2D eigenvalue weighted by atomic mass is 32.2. The third kappa shape index (κ3) is 6.50. The molecule has 3 aromatic rings. The summed E-state index contributed by atoms with van der Waals surface area (Å²) in [5, 5.41) is 13.6. The summed E-state index contributed by atoms with van der Waals surface area (Å²) in [7, 11) is -2.78. The minimum atomic E-state index is -4.23. The van der Waals surface area contributed by atoms with Crippen molar-refractivity contribution in [1.82, 2.24) is 10.2 Å². The van der Waals surface area contributed by atoms with Crippen molar-refractivity contribution in [3.8, 4) is 0 Å². The fourth-order valence-electron chi connectivity index (χ4n) is 3.67. The molecule has 0 fully saturated rings. The van der Waals surface area contributed by atoms with Gasteiger partial charge in [0.15, 0.2) is 0 Å². The van der Waals surface area contributed by atoms with Gasteiger partial charge in [-0.1, -0.05) is 48.0 Å². The van der Waals surface area contributed by atoms with Crippen LogP contribution in [0, 0.1) is 17.0 Å². The number of benzene rings is 3. The number of likely N-dealkylation sites (N-methyl/N-ethyl adjacent to an activating group) is 1. The van der Waals surface area contributed by atoms with Gasteiger partial charge in [-0.15, -0.1) is 0 Å². The molecule has 1 atom stereocenters. The summed E-state index contributed by atoms with van der Waals surface area (Å²) in [6, 6.07) is 19.0. The molecular formula is C26H28N4O6S. The summed E-state index contributed by atoms with van der Waals surface area (Å²) >= 11 is 0. The topological polar surface area (TPSA) is 130 Å². The molecule has 0 saturated heterocycles. The maximum atomic E-state index is 13.6. The van der Waals surface area contributed by atoms with Crippen LogP contribution in [-0.2, 0) is 26.2 Å². The first kappa shape index (κ1) is 27.3. The van der Waals surface area contributed by atoms with Crippen molar-refractivity contribution in [3.63, 3.8) is 0 Å². The van der Waals surface area contributed by atoms with E-state index in [2.05, 4.69) is 5.32 Å². The number of nitro benzene ring substituents is 1. The highest BCUT2D eigenvalue weighted by Crippen LogP contribution is 2.26. The second-order valence-electron chi connectivity index (χ2n) is 8.40. The van der Waals surface area contributed by atoms with Crippen molar-refractivity contribution < 1.29 is 22.9 Å². The molecule has 0 radical (unpaired) electrons. The molecule has 0 spiro atoms. The van der Waals surface area contributed by atoms with E-state index in [9.17, 15) is 28.1 Å². The maximum absolute atomic E-state index is 13.6. The Morgan fingerprint density at radius 2 is 1.57 bits per heavy atom. The van der Waals surface area contributed by atoms with Gasteiger partial charge < -0.3 is 10.2 Å². The first-order valence-corrected chi connectivity index (χ1v) is 12.9. The van der Waals surface area contributed by atoms with E-state index >= 15 is 0 Å². The largest absolute Gasteiger partial charge is 0.357 e. The van der Waals surface area contributed by atoms with Gasteiger partial charge in [-0.3, -0.25) is 24.0 Å². The smallest absolute Gasteiger partial charge is 0.269 e. The lowest BCUT2D eigenvalue weighted by Gasteiger charge is -2.31. The molecule has 3 rings (SSSR count). The number of anilines is 1. The summed E-state index contributed by atoms with van der Waals surface area (Å²) in [6.07, 6.45) is 0. The molecule has 1 N–H and O–H groups in total. The van der Waals surface area contributed by atoms with Crippen molar-refractivity contribution >= 4 is 33.2 Å². The van der Waals surface area contributed by atoms with E-state index in [0.29, 0.717) is 0 Å².